The highest BCUT2D eigenvalue weighted by atomic mass is 35.5. The van der Waals surface area contributed by atoms with E-state index < -0.39 is 17.9 Å². The van der Waals surface area contributed by atoms with Gasteiger partial charge in [-0.2, -0.15) is 0 Å². The van der Waals surface area contributed by atoms with Gasteiger partial charge >= 0.3 is 5.97 Å². The Bertz CT molecular complexity index is 1580. The van der Waals surface area contributed by atoms with E-state index in [1.165, 1.54) is 6.34 Å². The van der Waals surface area contributed by atoms with Crippen molar-refractivity contribution in [3.05, 3.63) is 68.9 Å². The highest BCUT2D eigenvalue weighted by Gasteiger charge is 2.30. The zero-order valence-electron chi connectivity index (χ0n) is 22.9. The van der Waals surface area contributed by atoms with Gasteiger partial charge in [-0.1, -0.05) is 29.3 Å². The molecule has 3 aromatic rings. The van der Waals surface area contributed by atoms with Gasteiger partial charge in [-0.05, 0) is 54.7 Å². The van der Waals surface area contributed by atoms with Crippen LogP contribution in [-0.4, -0.2) is 84.3 Å². The number of furan rings is 1. The minimum absolute atomic E-state index is 0.00799. The summed E-state index contributed by atoms with van der Waals surface area (Å²) in [5.41, 5.74) is 2.54. The lowest BCUT2D eigenvalue weighted by Crippen LogP contribution is -2.45. The standard InChI is InChI=1S/C29H30Cl2N6O5/c1-32-16-34-29(36-8-2-3-9-36)33-14-22(28(40)41)35-26(38)24-21(30)12-19-15-37(10-6-20(19)25(24)31)27(39)18-5-4-17-7-11-42-23(17)13-18/h4-5,7,11-13,16,22H,2-3,6,8-10,14-15H2,1H3,(H,35,38)(H,40,41)(H,32,33,34)/t22-/m0/s1. The monoisotopic (exact) mass is 612 g/mol. The Kier molecular flexibility index (Phi) is 8.98. The summed E-state index contributed by atoms with van der Waals surface area (Å²) >= 11 is 13.2. The number of aliphatic imine (C=N–C) groups is 2. The number of nitrogens with one attached hydrogen (secondary N) is 2. The third kappa shape index (κ3) is 6.22. The molecule has 5 rings (SSSR count). The Hall–Kier alpha value is -4.09. The van der Waals surface area contributed by atoms with E-state index in [-0.39, 0.29) is 34.6 Å². The summed E-state index contributed by atoms with van der Waals surface area (Å²) in [6.45, 7) is 2.00. The Balaban J connectivity index is 1.31. The van der Waals surface area contributed by atoms with E-state index in [2.05, 4.69) is 20.6 Å². The van der Waals surface area contributed by atoms with Gasteiger partial charge in [-0.3, -0.25) is 19.6 Å². The van der Waals surface area contributed by atoms with E-state index in [1.807, 2.05) is 17.0 Å². The van der Waals surface area contributed by atoms with Crippen LogP contribution in [0.15, 0.2) is 51.0 Å². The van der Waals surface area contributed by atoms with Crippen LogP contribution in [-0.2, 0) is 17.8 Å². The van der Waals surface area contributed by atoms with Gasteiger partial charge in [0.15, 0.2) is 5.96 Å². The first kappa shape index (κ1) is 29.4. The number of carbonyl (C=O) groups is 3. The van der Waals surface area contributed by atoms with Gasteiger partial charge in [0.05, 0.1) is 34.8 Å². The second-order valence-corrected chi connectivity index (χ2v) is 10.9. The first-order valence-corrected chi connectivity index (χ1v) is 14.3. The van der Waals surface area contributed by atoms with Crippen molar-refractivity contribution in [3.63, 3.8) is 0 Å². The number of hydrogen-bond acceptors (Lipinski definition) is 6. The molecule has 13 heteroatoms. The molecule has 3 heterocycles. The summed E-state index contributed by atoms with van der Waals surface area (Å²) in [6, 6.07) is 7.43. The number of hydrogen-bond donors (Lipinski definition) is 3. The van der Waals surface area contributed by atoms with Crippen molar-refractivity contribution in [2.75, 3.05) is 33.2 Å². The third-order valence-electron chi connectivity index (χ3n) is 7.38. The van der Waals surface area contributed by atoms with Gasteiger partial charge in [0.2, 0.25) is 0 Å². The summed E-state index contributed by atoms with van der Waals surface area (Å²) in [7, 11) is 1.61. The maximum absolute atomic E-state index is 13.3. The molecule has 0 saturated carbocycles. The van der Waals surface area contributed by atoms with E-state index >= 15 is 0 Å². The van der Waals surface area contributed by atoms with Crippen molar-refractivity contribution in [2.24, 2.45) is 9.98 Å². The number of likely N-dealkylation sites (tertiary alicyclic amines) is 1. The number of fused-ring (bicyclic) bond motifs is 2. The minimum atomic E-state index is -1.32. The van der Waals surface area contributed by atoms with Gasteiger partial charge in [0.1, 0.15) is 11.6 Å². The average Bonchev–Trinajstić information content (AvgIpc) is 3.68. The molecule has 2 aromatic carbocycles. The van der Waals surface area contributed by atoms with Crippen LogP contribution >= 0.6 is 23.2 Å². The number of nitrogens with zero attached hydrogens (tertiary/aromatic N) is 4. The highest BCUT2D eigenvalue weighted by molar-refractivity contribution is 6.40. The second kappa shape index (κ2) is 12.8. The number of amides is 2. The average molecular weight is 614 g/mol. The predicted molar refractivity (Wildman–Crippen MR) is 161 cm³/mol. The molecule has 0 bridgehead atoms. The van der Waals surface area contributed by atoms with E-state index in [9.17, 15) is 19.5 Å². The third-order valence-corrected chi connectivity index (χ3v) is 8.09. The van der Waals surface area contributed by atoms with E-state index in [0.717, 1.165) is 36.9 Å². The summed E-state index contributed by atoms with van der Waals surface area (Å²) in [5.74, 6) is -1.63. The van der Waals surface area contributed by atoms with Gasteiger partial charge < -0.3 is 30.0 Å². The van der Waals surface area contributed by atoms with Crippen molar-refractivity contribution in [2.45, 2.75) is 31.8 Å². The Morgan fingerprint density at radius 3 is 2.64 bits per heavy atom. The fraction of sp³-hybridized carbons (Fsp3) is 0.345. The fourth-order valence-corrected chi connectivity index (χ4v) is 5.95. The molecule has 1 saturated heterocycles. The predicted octanol–water partition coefficient (Wildman–Crippen LogP) is 3.82. The molecule has 2 aliphatic heterocycles. The minimum Gasteiger partial charge on any atom is -0.480 e. The molecule has 11 nitrogen and oxygen atoms in total. The van der Waals surface area contributed by atoms with Crippen LogP contribution in [0.25, 0.3) is 11.0 Å². The molecule has 1 aromatic heterocycles. The maximum Gasteiger partial charge on any atom is 0.328 e. The number of halogens is 2. The number of carbonyl (C=O) groups excluding carboxylic acids is 2. The van der Waals surface area contributed by atoms with Crippen LogP contribution < -0.4 is 10.6 Å². The quantitative estimate of drug-likeness (QED) is 0.272. The number of carboxylic acid groups (broad SMARTS) is 1. The molecule has 2 aliphatic rings. The first-order valence-electron chi connectivity index (χ1n) is 13.5. The molecule has 1 atom stereocenters. The normalized spacial score (nSPS) is 16.1. The van der Waals surface area contributed by atoms with Crippen molar-refractivity contribution in [1.29, 1.82) is 0 Å². The van der Waals surface area contributed by atoms with Crippen molar-refractivity contribution in [3.8, 4) is 0 Å². The molecule has 220 valence electrons. The van der Waals surface area contributed by atoms with Gasteiger partial charge in [0.25, 0.3) is 11.8 Å². The van der Waals surface area contributed by atoms with Gasteiger partial charge in [-0.25, -0.2) is 4.79 Å². The maximum atomic E-state index is 13.3. The zero-order chi connectivity index (χ0) is 29.8. The molecule has 0 radical (unpaired) electrons. The number of rotatable bonds is 7. The lowest BCUT2D eigenvalue weighted by Gasteiger charge is -2.30. The Morgan fingerprint density at radius 2 is 1.90 bits per heavy atom. The lowest BCUT2D eigenvalue weighted by atomic mass is 9.96. The number of benzene rings is 2. The largest absolute Gasteiger partial charge is 0.480 e. The van der Waals surface area contributed by atoms with E-state index in [1.54, 1.807) is 36.4 Å². The van der Waals surface area contributed by atoms with Crippen LogP contribution in [0, 0.1) is 0 Å². The van der Waals surface area contributed by atoms with Crippen LogP contribution in [0.4, 0.5) is 0 Å². The van der Waals surface area contributed by atoms with E-state index in [0.29, 0.717) is 35.6 Å². The number of guanidine groups is 1. The molecule has 3 N–H and O–H groups in total. The van der Waals surface area contributed by atoms with Crippen LogP contribution in [0.3, 0.4) is 0 Å². The SMILES string of the molecule is CN=CNC(=NC[C@H](NC(=O)c1c(Cl)cc2c(c1Cl)CCN(C(=O)c1ccc3ccoc3c1)C2)C(=O)O)N1CCCC1. The lowest BCUT2D eigenvalue weighted by molar-refractivity contribution is -0.138. The smallest absolute Gasteiger partial charge is 0.328 e. The fourth-order valence-electron chi connectivity index (χ4n) is 5.19. The first-order chi connectivity index (χ1) is 20.3. The molecule has 1 fully saturated rings. The summed E-state index contributed by atoms with van der Waals surface area (Å²) in [4.78, 5) is 50.6. The molecule has 0 unspecified atom stereocenters. The highest BCUT2D eigenvalue weighted by Crippen LogP contribution is 2.35. The molecule has 0 aliphatic carbocycles. The molecule has 0 spiro atoms. The summed E-state index contributed by atoms with van der Waals surface area (Å²) in [5, 5.41) is 16.4. The van der Waals surface area contributed by atoms with Gasteiger partial charge in [0, 0.05) is 44.2 Å². The summed E-state index contributed by atoms with van der Waals surface area (Å²) < 4.78 is 5.43. The Morgan fingerprint density at radius 1 is 1.12 bits per heavy atom. The van der Waals surface area contributed by atoms with E-state index in [4.69, 9.17) is 27.6 Å². The second-order valence-electron chi connectivity index (χ2n) is 10.1. The zero-order valence-corrected chi connectivity index (χ0v) is 24.4. The molecule has 42 heavy (non-hydrogen) atoms. The Labute approximate surface area is 252 Å². The van der Waals surface area contributed by atoms with Crippen LogP contribution in [0.1, 0.15) is 44.7 Å². The summed E-state index contributed by atoms with van der Waals surface area (Å²) in [6.07, 6.45) is 5.46. The number of aliphatic carboxylic acids is 1. The topological polar surface area (TPSA) is 140 Å². The van der Waals surface area contributed by atoms with Crippen LogP contribution in [0.5, 0.6) is 0 Å². The van der Waals surface area contributed by atoms with Crippen molar-refractivity contribution in [1.82, 2.24) is 20.4 Å². The molecular formula is C29H30Cl2N6O5. The van der Waals surface area contributed by atoms with Crippen molar-refractivity contribution < 1.29 is 23.9 Å². The van der Waals surface area contributed by atoms with Crippen molar-refractivity contribution >= 4 is 64.3 Å². The molecular weight excluding hydrogens is 583 g/mol. The van der Waals surface area contributed by atoms with Crippen LogP contribution in [0.2, 0.25) is 10.0 Å². The van der Waals surface area contributed by atoms with Gasteiger partial charge in [-0.15, -0.1) is 0 Å². The number of carboxylic acids is 1. The molecule has 2 amide bonds.